The number of hydrogen-bond donors (Lipinski definition) is 1. The molecule has 6 nitrogen and oxygen atoms in total. The van der Waals surface area contributed by atoms with Gasteiger partial charge in [-0.15, -0.1) is 24.0 Å². The second-order valence-electron chi connectivity index (χ2n) is 8.31. The minimum Gasteiger partial charge on any atom is -0.497 e. The molecule has 32 heavy (non-hydrogen) atoms. The predicted molar refractivity (Wildman–Crippen MR) is 145 cm³/mol. The molecule has 0 aromatic heterocycles. The van der Waals surface area contributed by atoms with Gasteiger partial charge in [0.15, 0.2) is 5.96 Å². The number of nitrogens with zero attached hydrogens (tertiary/aromatic N) is 4. The summed E-state index contributed by atoms with van der Waals surface area (Å²) >= 11 is 0. The Bertz CT molecular complexity index is 854. The zero-order chi connectivity index (χ0) is 21.5. The second kappa shape index (κ2) is 12.2. The van der Waals surface area contributed by atoms with E-state index in [1.165, 1.54) is 17.8 Å². The summed E-state index contributed by atoms with van der Waals surface area (Å²) in [4.78, 5) is 12.4. The number of anilines is 2. The molecule has 4 rings (SSSR count). The van der Waals surface area contributed by atoms with Crippen molar-refractivity contribution in [3.05, 3.63) is 54.6 Å². The van der Waals surface area contributed by atoms with Gasteiger partial charge in [-0.05, 0) is 43.5 Å². The maximum absolute atomic E-state index is 5.38. The quantitative estimate of drug-likeness (QED) is 0.336. The average Bonchev–Trinajstić information content (AvgIpc) is 3.32. The molecule has 1 N–H and O–H groups in total. The highest BCUT2D eigenvalue weighted by atomic mass is 127. The first-order valence-corrected chi connectivity index (χ1v) is 11.5. The Balaban J connectivity index is 0.00000289. The van der Waals surface area contributed by atoms with E-state index < -0.39 is 0 Å². The lowest BCUT2D eigenvalue weighted by molar-refractivity contribution is 0.371. The van der Waals surface area contributed by atoms with Crippen molar-refractivity contribution in [2.24, 2.45) is 10.9 Å². The van der Waals surface area contributed by atoms with Crippen LogP contribution >= 0.6 is 24.0 Å². The predicted octanol–water partition coefficient (Wildman–Crippen LogP) is 3.93. The van der Waals surface area contributed by atoms with Crippen LogP contribution in [0.25, 0.3) is 0 Å². The van der Waals surface area contributed by atoms with Gasteiger partial charge in [-0.3, -0.25) is 4.99 Å². The van der Waals surface area contributed by atoms with Gasteiger partial charge >= 0.3 is 0 Å². The number of ether oxygens (including phenoxy) is 1. The highest BCUT2D eigenvalue weighted by Crippen LogP contribution is 2.24. The number of methoxy groups -OCH3 is 1. The summed E-state index contributed by atoms with van der Waals surface area (Å²) in [6.45, 7) is 10.1. The Morgan fingerprint density at radius 1 is 0.969 bits per heavy atom. The zero-order valence-corrected chi connectivity index (χ0v) is 21.6. The van der Waals surface area contributed by atoms with E-state index in [0.717, 1.165) is 64.1 Å². The van der Waals surface area contributed by atoms with Gasteiger partial charge in [0.05, 0.1) is 7.11 Å². The lowest BCUT2D eigenvalue weighted by atomic mass is 10.1. The van der Waals surface area contributed by atoms with Crippen LogP contribution in [0, 0.1) is 5.92 Å². The molecule has 1 unspecified atom stereocenters. The maximum Gasteiger partial charge on any atom is 0.194 e. The molecule has 2 aliphatic rings. The molecule has 0 bridgehead atoms. The molecule has 2 saturated heterocycles. The monoisotopic (exact) mass is 549 g/mol. The summed E-state index contributed by atoms with van der Waals surface area (Å²) in [5.74, 6) is 2.59. The Morgan fingerprint density at radius 3 is 2.44 bits per heavy atom. The van der Waals surface area contributed by atoms with Crippen molar-refractivity contribution in [2.45, 2.75) is 13.3 Å². The summed E-state index contributed by atoms with van der Waals surface area (Å²) in [5.41, 5.74) is 2.56. The van der Waals surface area contributed by atoms with Crippen LogP contribution in [0.1, 0.15) is 13.3 Å². The highest BCUT2D eigenvalue weighted by molar-refractivity contribution is 14.0. The van der Waals surface area contributed by atoms with Crippen LogP contribution in [0.15, 0.2) is 59.6 Å². The molecule has 0 saturated carbocycles. The highest BCUT2D eigenvalue weighted by Gasteiger charge is 2.24. The van der Waals surface area contributed by atoms with Crippen LogP contribution in [0.5, 0.6) is 5.75 Å². The van der Waals surface area contributed by atoms with Gasteiger partial charge in [0.25, 0.3) is 0 Å². The first kappa shape index (κ1) is 24.5. The Hall–Kier alpha value is -2.16. The van der Waals surface area contributed by atoms with E-state index in [2.05, 4.69) is 75.5 Å². The van der Waals surface area contributed by atoms with Gasteiger partial charge < -0.3 is 24.8 Å². The fourth-order valence-electron chi connectivity index (χ4n) is 4.48. The second-order valence-corrected chi connectivity index (χ2v) is 8.31. The molecule has 7 heteroatoms. The van der Waals surface area contributed by atoms with Gasteiger partial charge in [-0.25, -0.2) is 0 Å². The van der Waals surface area contributed by atoms with E-state index in [4.69, 9.17) is 9.73 Å². The third kappa shape index (κ3) is 6.21. The summed E-state index contributed by atoms with van der Waals surface area (Å²) in [6.07, 6.45) is 1.21. The summed E-state index contributed by atoms with van der Waals surface area (Å²) in [6, 6.07) is 19.1. The minimum atomic E-state index is 0. The summed E-state index contributed by atoms with van der Waals surface area (Å²) < 4.78 is 5.38. The fraction of sp³-hybridized carbons (Fsp3) is 0.480. The van der Waals surface area contributed by atoms with E-state index in [0.29, 0.717) is 5.92 Å². The fourth-order valence-corrected chi connectivity index (χ4v) is 4.48. The molecular formula is C25H36IN5O. The SMILES string of the molecule is CCNC(=NCC1CCN(c2ccccc2)C1)N1CCN(c2cccc(OC)c2)CC1.I. The van der Waals surface area contributed by atoms with Crippen molar-refractivity contribution in [1.82, 2.24) is 10.2 Å². The third-order valence-electron chi connectivity index (χ3n) is 6.24. The van der Waals surface area contributed by atoms with Crippen molar-refractivity contribution >= 4 is 41.3 Å². The van der Waals surface area contributed by atoms with E-state index in [1.807, 2.05) is 6.07 Å². The number of para-hydroxylation sites is 1. The molecule has 2 heterocycles. The van der Waals surface area contributed by atoms with E-state index in [9.17, 15) is 0 Å². The number of nitrogens with one attached hydrogen (secondary N) is 1. The molecule has 174 valence electrons. The third-order valence-corrected chi connectivity index (χ3v) is 6.24. The summed E-state index contributed by atoms with van der Waals surface area (Å²) in [7, 11) is 1.72. The average molecular weight is 550 g/mol. The number of aliphatic imine (C=N–C) groups is 1. The number of halogens is 1. The van der Waals surface area contributed by atoms with Crippen molar-refractivity contribution in [1.29, 1.82) is 0 Å². The number of rotatable bonds is 6. The molecule has 0 aliphatic carbocycles. The van der Waals surface area contributed by atoms with Crippen molar-refractivity contribution in [3.63, 3.8) is 0 Å². The largest absolute Gasteiger partial charge is 0.497 e. The van der Waals surface area contributed by atoms with Crippen molar-refractivity contribution in [2.75, 3.05) is 69.3 Å². The smallest absolute Gasteiger partial charge is 0.194 e. The molecule has 2 fully saturated rings. The lowest BCUT2D eigenvalue weighted by Gasteiger charge is -2.38. The molecule has 2 aliphatic heterocycles. The van der Waals surface area contributed by atoms with Gasteiger partial charge in [0.2, 0.25) is 0 Å². The maximum atomic E-state index is 5.38. The van der Waals surface area contributed by atoms with Gasteiger partial charge in [0, 0.05) is 69.8 Å². The van der Waals surface area contributed by atoms with Crippen LogP contribution in [0.4, 0.5) is 11.4 Å². The van der Waals surface area contributed by atoms with Crippen LogP contribution in [-0.4, -0.2) is 70.3 Å². The molecular weight excluding hydrogens is 513 g/mol. The molecule has 0 radical (unpaired) electrons. The van der Waals surface area contributed by atoms with Crippen LogP contribution < -0.4 is 19.9 Å². The first-order chi connectivity index (χ1) is 15.3. The zero-order valence-electron chi connectivity index (χ0n) is 19.2. The molecule has 0 spiro atoms. The normalized spacial score (nSPS) is 19.0. The van der Waals surface area contributed by atoms with Crippen molar-refractivity contribution in [3.8, 4) is 5.75 Å². The number of piperazine rings is 1. The van der Waals surface area contributed by atoms with E-state index in [-0.39, 0.29) is 24.0 Å². The standard InChI is InChI=1S/C25H35N5O.HI/c1-3-26-25(27-19-21-12-13-30(20-21)22-8-5-4-6-9-22)29-16-14-28(15-17-29)23-10-7-11-24(18-23)31-2;/h4-11,18,21H,3,12-17,19-20H2,1-2H3,(H,26,27);1H. The van der Waals surface area contributed by atoms with Crippen LogP contribution in [0.3, 0.4) is 0 Å². The Morgan fingerprint density at radius 2 is 1.72 bits per heavy atom. The summed E-state index contributed by atoms with van der Waals surface area (Å²) in [5, 5.41) is 3.52. The number of hydrogen-bond acceptors (Lipinski definition) is 4. The van der Waals surface area contributed by atoms with Crippen LogP contribution in [0.2, 0.25) is 0 Å². The van der Waals surface area contributed by atoms with Gasteiger partial charge in [-0.2, -0.15) is 0 Å². The Labute approximate surface area is 209 Å². The molecule has 0 amide bonds. The van der Waals surface area contributed by atoms with Gasteiger partial charge in [-0.1, -0.05) is 24.3 Å². The first-order valence-electron chi connectivity index (χ1n) is 11.5. The van der Waals surface area contributed by atoms with Crippen molar-refractivity contribution < 1.29 is 4.74 Å². The molecule has 2 aromatic carbocycles. The molecule has 1 atom stereocenters. The van der Waals surface area contributed by atoms with Crippen LogP contribution in [-0.2, 0) is 0 Å². The minimum absolute atomic E-state index is 0. The van der Waals surface area contributed by atoms with E-state index in [1.54, 1.807) is 7.11 Å². The Kier molecular flexibility index (Phi) is 9.32. The van der Waals surface area contributed by atoms with Gasteiger partial charge in [0.1, 0.15) is 5.75 Å². The number of benzene rings is 2. The number of guanidine groups is 1. The van der Waals surface area contributed by atoms with E-state index >= 15 is 0 Å². The molecule has 2 aromatic rings. The lowest BCUT2D eigenvalue weighted by Crippen LogP contribution is -2.52. The topological polar surface area (TPSA) is 43.3 Å².